The van der Waals surface area contributed by atoms with Crippen molar-refractivity contribution in [3.05, 3.63) is 11.6 Å². The van der Waals surface area contributed by atoms with Crippen LogP contribution in [0.15, 0.2) is 11.6 Å². The molecule has 0 aromatic rings. The van der Waals surface area contributed by atoms with Gasteiger partial charge in [-0.15, -0.1) is 0 Å². The van der Waals surface area contributed by atoms with Crippen molar-refractivity contribution in [2.24, 2.45) is 52.1 Å². The Kier molecular flexibility index (Phi) is 8.22. The summed E-state index contributed by atoms with van der Waals surface area (Å²) in [5.41, 5.74) is 8.05. The maximum Gasteiger partial charge on any atom is 0.306 e. The molecule has 34 heavy (non-hydrogen) atoms. The predicted molar refractivity (Wildman–Crippen MR) is 141 cm³/mol. The molecule has 4 aliphatic rings. The summed E-state index contributed by atoms with van der Waals surface area (Å²) in [6.45, 7) is 13.1. The summed E-state index contributed by atoms with van der Waals surface area (Å²) in [7, 11) is 0. The second kappa shape index (κ2) is 10.7. The molecule has 0 saturated heterocycles. The largest absolute Gasteiger partial charge is 0.462 e. The molecule has 0 aromatic heterocycles. The van der Waals surface area contributed by atoms with Gasteiger partial charge in [-0.3, -0.25) is 4.79 Å². The van der Waals surface area contributed by atoms with E-state index in [1.807, 2.05) is 0 Å². The fourth-order valence-electron chi connectivity index (χ4n) is 9.24. The standard InChI is InChI=1S/C31H53NO2/c1-21(2)8-6-9-22(3)26-13-14-27-25-12-11-23-20-24(34-29(33)10-7-19-32)15-17-30(23,4)28(25)16-18-31(26,27)5/h11,21-22,24-28H,6-10,12-20,32H2,1-5H3/t22-,24?,25?,26?,27?,28?,30?,31?/m1/s1. The molecule has 3 fully saturated rings. The fraction of sp³-hybridized carbons (Fsp3) is 0.903. The first-order valence-corrected chi connectivity index (χ1v) is 14.8. The van der Waals surface area contributed by atoms with Crippen molar-refractivity contribution in [3.8, 4) is 0 Å². The number of rotatable bonds is 9. The Morgan fingerprint density at radius 3 is 2.59 bits per heavy atom. The second-order valence-corrected chi connectivity index (χ2v) is 13.5. The monoisotopic (exact) mass is 471 g/mol. The summed E-state index contributed by atoms with van der Waals surface area (Å²) in [6.07, 6.45) is 18.3. The van der Waals surface area contributed by atoms with Gasteiger partial charge in [-0.05, 0) is 104 Å². The van der Waals surface area contributed by atoms with Crippen molar-refractivity contribution < 1.29 is 9.53 Å². The van der Waals surface area contributed by atoms with Crippen LogP contribution in [0.3, 0.4) is 0 Å². The molecule has 194 valence electrons. The van der Waals surface area contributed by atoms with E-state index in [0.717, 1.165) is 54.8 Å². The van der Waals surface area contributed by atoms with Crippen molar-refractivity contribution in [3.63, 3.8) is 0 Å². The highest BCUT2D eigenvalue weighted by molar-refractivity contribution is 5.69. The van der Waals surface area contributed by atoms with Gasteiger partial charge in [0.25, 0.3) is 0 Å². The smallest absolute Gasteiger partial charge is 0.306 e. The summed E-state index contributed by atoms with van der Waals surface area (Å²) < 4.78 is 5.86. The van der Waals surface area contributed by atoms with Gasteiger partial charge in [0.15, 0.2) is 0 Å². The van der Waals surface area contributed by atoms with E-state index in [-0.39, 0.29) is 12.1 Å². The number of carbonyl (C=O) groups is 1. The molecular weight excluding hydrogens is 418 g/mol. The highest BCUT2D eigenvalue weighted by Crippen LogP contribution is 2.67. The van der Waals surface area contributed by atoms with Gasteiger partial charge in [-0.1, -0.05) is 65.5 Å². The molecule has 4 rings (SSSR count). The number of carbonyl (C=O) groups excluding carboxylic acids is 1. The minimum Gasteiger partial charge on any atom is -0.462 e. The molecule has 0 aromatic carbocycles. The lowest BCUT2D eigenvalue weighted by Gasteiger charge is -2.58. The Morgan fingerprint density at radius 1 is 1.06 bits per heavy atom. The van der Waals surface area contributed by atoms with E-state index >= 15 is 0 Å². The maximum absolute atomic E-state index is 12.2. The van der Waals surface area contributed by atoms with Crippen molar-refractivity contribution in [1.82, 2.24) is 0 Å². The lowest BCUT2D eigenvalue weighted by Crippen LogP contribution is -2.51. The average molecular weight is 472 g/mol. The van der Waals surface area contributed by atoms with Gasteiger partial charge >= 0.3 is 5.97 Å². The molecule has 3 nitrogen and oxygen atoms in total. The Balaban J connectivity index is 1.41. The summed E-state index contributed by atoms with van der Waals surface area (Å²) in [5.74, 6) is 5.18. The van der Waals surface area contributed by atoms with Crippen LogP contribution in [-0.2, 0) is 9.53 Å². The molecule has 4 aliphatic carbocycles. The van der Waals surface area contributed by atoms with Gasteiger partial charge in [0.2, 0.25) is 0 Å². The zero-order valence-electron chi connectivity index (χ0n) is 22.9. The molecule has 7 unspecified atom stereocenters. The molecular formula is C31H53NO2. The Hall–Kier alpha value is -0.830. The molecule has 0 spiro atoms. The maximum atomic E-state index is 12.2. The van der Waals surface area contributed by atoms with Crippen molar-refractivity contribution in [2.75, 3.05) is 6.54 Å². The molecule has 0 aliphatic heterocycles. The van der Waals surface area contributed by atoms with Crippen molar-refractivity contribution >= 4 is 5.97 Å². The van der Waals surface area contributed by atoms with E-state index < -0.39 is 0 Å². The number of fused-ring (bicyclic) bond motifs is 5. The van der Waals surface area contributed by atoms with E-state index in [0.29, 0.717) is 23.8 Å². The molecule has 0 heterocycles. The van der Waals surface area contributed by atoms with Crippen LogP contribution in [0.1, 0.15) is 118 Å². The first-order valence-electron chi connectivity index (χ1n) is 14.8. The van der Waals surface area contributed by atoms with Crippen LogP contribution >= 0.6 is 0 Å². The molecule has 3 saturated carbocycles. The minimum atomic E-state index is -0.0544. The van der Waals surface area contributed by atoms with Gasteiger partial charge in [0.05, 0.1) is 0 Å². The third-order valence-electron chi connectivity index (χ3n) is 11.1. The van der Waals surface area contributed by atoms with Crippen LogP contribution in [0.2, 0.25) is 0 Å². The zero-order chi connectivity index (χ0) is 24.5. The molecule has 0 amide bonds. The summed E-state index contributed by atoms with van der Waals surface area (Å²) in [4.78, 5) is 12.2. The number of esters is 1. The van der Waals surface area contributed by atoms with Crippen LogP contribution in [-0.4, -0.2) is 18.6 Å². The van der Waals surface area contributed by atoms with Gasteiger partial charge in [-0.25, -0.2) is 0 Å². The van der Waals surface area contributed by atoms with Crippen molar-refractivity contribution in [2.45, 2.75) is 124 Å². The Labute approximate surface area is 210 Å². The quantitative estimate of drug-likeness (QED) is 0.277. The second-order valence-electron chi connectivity index (χ2n) is 13.5. The number of nitrogens with two attached hydrogens (primary N) is 1. The summed E-state index contributed by atoms with van der Waals surface area (Å²) in [5, 5.41) is 0. The lowest BCUT2D eigenvalue weighted by molar-refractivity contribution is -0.151. The third kappa shape index (κ3) is 5.02. The number of hydrogen-bond acceptors (Lipinski definition) is 3. The fourth-order valence-corrected chi connectivity index (χ4v) is 9.24. The predicted octanol–water partition coefficient (Wildman–Crippen LogP) is 7.68. The van der Waals surface area contributed by atoms with E-state index in [4.69, 9.17) is 10.5 Å². The Bertz CT molecular complexity index is 744. The van der Waals surface area contributed by atoms with Gasteiger partial charge in [-0.2, -0.15) is 0 Å². The lowest BCUT2D eigenvalue weighted by atomic mass is 9.47. The van der Waals surface area contributed by atoms with Gasteiger partial charge in [0.1, 0.15) is 6.10 Å². The van der Waals surface area contributed by atoms with Crippen LogP contribution in [0.4, 0.5) is 0 Å². The van der Waals surface area contributed by atoms with E-state index in [9.17, 15) is 4.79 Å². The third-order valence-corrected chi connectivity index (χ3v) is 11.1. The number of allylic oxidation sites excluding steroid dienone is 1. The van der Waals surface area contributed by atoms with Gasteiger partial charge < -0.3 is 10.5 Å². The molecule has 8 atom stereocenters. The van der Waals surface area contributed by atoms with Crippen LogP contribution in [0.25, 0.3) is 0 Å². The summed E-state index contributed by atoms with van der Waals surface area (Å²) >= 11 is 0. The zero-order valence-corrected chi connectivity index (χ0v) is 22.9. The minimum absolute atomic E-state index is 0.0544. The normalized spacial score (nSPS) is 40.2. The molecule has 3 heteroatoms. The number of ether oxygens (including phenoxy) is 1. The number of hydrogen-bond donors (Lipinski definition) is 1. The molecule has 2 N–H and O–H groups in total. The van der Waals surface area contributed by atoms with Crippen molar-refractivity contribution in [1.29, 1.82) is 0 Å². The van der Waals surface area contributed by atoms with Gasteiger partial charge in [0, 0.05) is 12.8 Å². The SMILES string of the molecule is CC(C)CCC[C@@H](C)C1CCC2C3CC=C4CC(OC(=O)CCCN)CCC4(C)C3CCC21C. The first-order chi connectivity index (χ1) is 16.2. The highest BCUT2D eigenvalue weighted by Gasteiger charge is 2.59. The Morgan fingerprint density at radius 2 is 1.85 bits per heavy atom. The van der Waals surface area contributed by atoms with Crippen LogP contribution in [0, 0.1) is 46.3 Å². The molecule has 0 bridgehead atoms. The van der Waals surface area contributed by atoms with Crippen LogP contribution < -0.4 is 5.73 Å². The summed E-state index contributed by atoms with van der Waals surface area (Å²) in [6, 6.07) is 0. The highest BCUT2D eigenvalue weighted by atomic mass is 16.5. The average Bonchev–Trinajstić information content (AvgIpc) is 3.15. The van der Waals surface area contributed by atoms with E-state index in [2.05, 4.69) is 40.7 Å². The van der Waals surface area contributed by atoms with E-state index in [1.165, 1.54) is 57.8 Å². The topological polar surface area (TPSA) is 52.3 Å². The van der Waals surface area contributed by atoms with Crippen LogP contribution in [0.5, 0.6) is 0 Å². The van der Waals surface area contributed by atoms with E-state index in [1.54, 1.807) is 5.57 Å². The molecule has 0 radical (unpaired) electrons. The first kappa shape index (κ1) is 26.2.